The van der Waals surface area contributed by atoms with E-state index < -0.39 is 11.9 Å². The Bertz CT molecular complexity index is 1210. The number of benzene rings is 4. The lowest BCUT2D eigenvalue weighted by molar-refractivity contribution is 0.0720. The molecule has 0 amide bonds. The first-order valence-corrected chi connectivity index (χ1v) is 9.86. The molecule has 31 heavy (non-hydrogen) atoms. The Hall–Kier alpha value is -4.18. The van der Waals surface area contributed by atoms with E-state index in [1.807, 2.05) is 73.7 Å². The number of hydrogen-bond acceptors (Lipinski definition) is 4. The summed E-state index contributed by atoms with van der Waals surface area (Å²) in [4.78, 5) is 25.1. The van der Waals surface area contributed by atoms with Crippen LogP contribution in [0.15, 0.2) is 103 Å². The van der Waals surface area contributed by atoms with Gasteiger partial charge in [-0.3, -0.25) is 0 Å². The van der Waals surface area contributed by atoms with E-state index in [0.717, 1.165) is 16.7 Å². The van der Waals surface area contributed by atoms with E-state index in [-0.39, 0.29) is 0 Å². The van der Waals surface area contributed by atoms with Crippen LogP contribution < -0.4 is 9.47 Å². The Morgan fingerprint density at radius 2 is 1.03 bits per heavy atom. The largest absolute Gasteiger partial charge is 0.423 e. The Morgan fingerprint density at radius 3 is 1.65 bits per heavy atom. The summed E-state index contributed by atoms with van der Waals surface area (Å²) in [6.07, 6.45) is 0. The average Bonchev–Trinajstić information content (AvgIpc) is 2.81. The predicted octanol–water partition coefficient (Wildman–Crippen LogP) is 6.10. The van der Waals surface area contributed by atoms with E-state index >= 15 is 0 Å². The lowest BCUT2D eigenvalue weighted by Gasteiger charge is -2.11. The molecule has 0 aliphatic heterocycles. The van der Waals surface area contributed by atoms with Gasteiger partial charge < -0.3 is 9.47 Å². The van der Waals surface area contributed by atoms with Crippen LogP contribution in [0.5, 0.6) is 11.5 Å². The SMILES string of the molecule is Cc1ccccc1OC(=O)c1ccc(C(=O)Oc2ccccc2-c2ccccc2)cc1. The first-order chi connectivity index (χ1) is 15.1. The summed E-state index contributed by atoms with van der Waals surface area (Å²) < 4.78 is 11.1. The van der Waals surface area contributed by atoms with Crippen LogP contribution >= 0.6 is 0 Å². The molecule has 152 valence electrons. The molecule has 0 fully saturated rings. The summed E-state index contributed by atoms with van der Waals surface area (Å²) in [5.74, 6) is 0.00101. The fraction of sp³-hybridized carbons (Fsp3) is 0.0370. The number of aryl methyl sites for hydroxylation is 1. The maximum Gasteiger partial charge on any atom is 0.343 e. The lowest BCUT2D eigenvalue weighted by Crippen LogP contribution is -2.12. The third kappa shape index (κ3) is 4.70. The zero-order chi connectivity index (χ0) is 21.6. The second kappa shape index (κ2) is 9.09. The van der Waals surface area contributed by atoms with Crippen LogP contribution in [0.4, 0.5) is 0 Å². The molecule has 4 heteroatoms. The summed E-state index contributed by atoms with van der Waals surface area (Å²) in [5.41, 5.74) is 3.35. The Kier molecular flexibility index (Phi) is 5.90. The molecule has 0 bridgehead atoms. The number of ether oxygens (including phenoxy) is 2. The van der Waals surface area contributed by atoms with Crippen molar-refractivity contribution in [2.24, 2.45) is 0 Å². The summed E-state index contributed by atoms with van der Waals surface area (Å²) >= 11 is 0. The molecule has 0 N–H and O–H groups in total. The van der Waals surface area contributed by atoms with Crippen molar-refractivity contribution in [3.8, 4) is 22.6 Å². The van der Waals surface area contributed by atoms with E-state index in [1.54, 1.807) is 36.4 Å². The minimum absolute atomic E-state index is 0.343. The Labute approximate surface area is 180 Å². The van der Waals surface area contributed by atoms with Gasteiger partial charge in [-0.05, 0) is 54.4 Å². The van der Waals surface area contributed by atoms with Gasteiger partial charge in [0.05, 0.1) is 11.1 Å². The molecular formula is C27H20O4. The minimum Gasteiger partial charge on any atom is -0.423 e. The predicted molar refractivity (Wildman–Crippen MR) is 119 cm³/mol. The molecule has 4 nitrogen and oxygen atoms in total. The van der Waals surface area contributed by atoms with E-state index in [0.29, 0.717) is 22.6 Å². The summed E-state index contributed by atoms with van der Waals surface area (Å²) in [5, 5.41) is 0. The van der Waals surface area contributed by atoms with Gasteiger partial charge in [-0.2, -0.15) is 0 Å². The van der Waals surface area contributed by atoms with Crippen LogP contribution in [-0.2, 0) is 0 Å². The van der Waals surface area contributed by atoms with Crippen molar-refractivity contribution < 1.29 is 19.1 Å². The molecule has 0 saturated heterocycles. The molecule has 0 saturated carbocycles. The first kappa shape index (κ1) is 20.1. The zero-order valence-corrected chi connectivity index (χ0v) is 16.9. The second-order valence-electron chi connectivity index (χ2n) is 6.98. The number of carbonyl (C=O) groups excluding carboxylic acids is 2. The third-order valence-corrected chi connectivity index (χ3v) is 4.83. The molecule has 0 aliphatic rings. The van der Waals surface area contributed by atoms with E-state index in [4.69, 9.17) is 9.47 Å². The normalized spacial score (nSPS) is 10.4. The van der Waals surface area contributed by atoms with Crippen LogP contribution in [0.3, 0.4) is 0 Å². The van der Waals surface area contributed by atoms with Gasteiger partial charge in [-0.15, -0.1) is 0 Å². The number of para-hydroxylation sites is 2. The standard InChI is InChI=1S/C27H20O4/c1-19-9-5-7-13-24(19)30-26(28)21-15-17-22(18-16-21)27(29)31-25-14-8-6-12-23(25)20-10-3-2-4-11-20/h2-18H,1H3. The monoisotopic (exact) mass is 408 g/mol. The molecule has 0 heterocycles. The topological polar surface area (TPSA) is 52.6 Å². The van der Waals surface area contributed by atoms with E-state index in [2.05, 4.69) is 0 Å². The van der Waals surface area contributed by atoms with Crippen molar-refractivity contribution in [2.75, 3.05) is 0 Å². The highest BCUT2D eigenvalue weighted by Gasteiger charge is 2.15. The van der Waals surface area contributed by atoms with E-state index in [1.165, 1.54) is 0 Å². The molecular weight excluding hydrogens is 388 g/mol. The Balaban J connectivity index is 1.49. The maximum absolute atomic E-state index is 12.7. The first-order valence-electron chi connectivity index (χ1n) is 9.86. The highest BCUT2D eigenvalue weighted by atomic mass is 16.5. The number of hydrogen-bond donors (Lipinski definition) is 0. The number of esters is 2. The molecule has 0 radical (unpaired) electrons. The van der Waals surface area contributed by atoms with Crippen molar-refractivity contribution in [2.45, 2.75) is 6.92 Å². The van der Waals surface area contributed by atoms with Crippen LogP contribution in [0.2, 0.25) is 0 Å². The molecule has 0 aromatic heterocycles. The van der Waals surface area contributed by atoms with Crippen molar-refractivity contribution >= 4 is 11.9 Å². The lowest BCUT2D eigenvalue weighted by atomic mass is 10.0. The van der Waals surface area contributed by atoms with Gasteiger partial charge in [-0.25, -0.2) is 9.59 Å². The third-order valence-electron chi connectivity index (χ3n) is 4.83. The molecule has 4 rings (SSSR count). The van der Waals surface area contributed by atoms with Gasteiger partial charge >= 0.3 is 11.9 Å². The van der Waals surface area contributed by atoms with Crippen molar-refractivity contribution in [1.82, 2.24) is 0 Å². The van der Waals surface area contributed by atoms with Gasteiger partial charge in [-0.1, -0.05) is 66.7 Å². The van der Waals surface area contributed by atoms with Crippen molar-refractivity contribution in [1.29, 1.82) is 0 Å². The molecule has 0 spiro atoms. The molecule has 4 aromatic rings. The fourth-order valence-corrected chi connectivity index (χ4v) is 3.14. The highest BCUT2D eigenvalue weighted by Crippen LogP contribution is 2.30. The molecule has 4 aromatic carbocycles. The average molecular weight is 408 g/mol. The van der Waals surface area contributed by atoms with Gasteiger partial charge in [0, 0.05) is 5.56 Å². The van der Waals surface area contributed by atoms with Gasteiger partial charge in [0.25, 0.3) is 0 Å². The zero-order valence-electron chi connectivity index (χ0n) is 16.9. The maximum atomic E-state index is 12.7. The molecule has 0 unspecified atom stereocenters. The Morgan fingerprint density at radius 1 is 0.548 bits per heavy atom. The van der Waals surface area contributed by atoms with Crippen LogP contribution in [0, 0.1) is 6.92 Å². The molecule has 0 aliphatic carbocycles. The van der Waals surface area contributed by atoms with Crippen LogP contribution in [0.1, 0.15) is 26.3 Å². The van der Waals surface area contributed by atoms with Crippen LogP contribution in [-0.4, -0.2) is 11.9 Å². The number of carbonyl (C=O) groups is 2. The van der Waals surface area contributed by atoms with E-state index in [9.17, 15) is 9.59 Å². The van der Waals surface area contributed by atoms with Gasteiger partial charge in [0.2, 0.25) is 0 Å². The van der Waals surface area contributed by atoms with Gasteiger partial charge in [0.15, 0.2) is 0 Å². The number of rotatable bonds is 5. The highest BCUT2D eigenvalue weighted by molar-refractivity contribution is 5.95. The smallest absolute Gasteiger partial charge is 0.343 e. The summed E-state index contributed by atoms with van der Waals surface area (Å²) in [6, 6.07) is 30.6. The van der Waals surface area contributed by atoms with Gasteiger partial charge in [0.1, 0.15) is 11.5 Å². The quantitative estimate of drug-likeness (QED) is 0.296. The fourth-order valence-electron chi connectivity index (χ4n) is 3.14. The molecule has 0 atom stereocenters. The van der Waals surface area contributed by atoms with Crippen molar-refractivity contribution in [3.05, 3.63) is 120 Å². The summed E-state index contributed by atoms with van der Waals surface area (Å²) in [7, 11) is 0. The van der Waals surface area contributed by atoms with Crippen LogP contribution in [0.25, 0.3) is 11.1 Å². The minimum atomic E-state index is -0.498. The summed E-state index contributed by atoms with van der Waals surface area (Å²) in [6.45, 7) is 1.87. The second-order valence-corrected chi connectivity index (χ2v) is 6.98. The van der Waals surface area contributed by atoms with Crippen molar-refractivity contribution in [3.63, 3.8) is 0 Å².